The summed E-state index contributed by atoms with van der Waals surface area (Å²) in [5.74, 6) is 0.610. The molecule has 2 bridgehead atoms. The molecule has 5 aliphatic rings. The van der Waals surface area contributed by atoms with Gasteiger partial charge in [0.25, 0.3) is 0 Å². The van der Waals surface area contributed by atoms with Crippen LogP contribution in [0.3, 0.4) is 0 Å². The number of piperidine rings is 1. The second-order valence-electron chi connectivity index (χ2n) is 11.0. The Morgan fingerprint density at radius 1 is 1.21 bits per heavy atom. The van der Waals surface area contributed by atoms with Crippen molar-refractivity contribution in [1.29, 1.82) is 0 Å². The minimum atomic E-state index is -1.01. The maximum atomic E-state index is 13.0. The third-order valence-electron chi connectivity index (χ3n) is 9.57. The molecule has 2 aliphatic heterocycles. The Bertz CT molecular complexity index is 939. The third kappa shape index (κ3) is 1.60. The summed E-state index contributed by atoms with van der Waals surface area (Å²) < 4.78 is 6.99. The van der Waals surface area contributed by atoms with Gasteiger partial charge in [-0.1, -0.05) is 13.0 Å². The first-order valence-electron chi connectivity index (χ1n) is 10.7. The summed E-state index contributed by atoms with van der Waals surface area (Å²) in [6, 6.07) is 3.69. The zero-order valence-electron chi connectivity index (χ0n) is 17.0. The summed E-state index contributed by atoms with van der Waals surface area (Å²) in [6.07, 6.45) is 4.17. The monoisotopic (exact) mass is 384 g/mol. The van der Waals surface area contributed by atoms with Gasteiger partial charge >= 0.3 is 0 Å². The fraction of sp³-hybridized carbons (Fsp3) is 0.696. The van der Waals surface area contributed by atoms with Crippen molar-refractivity contribution >= 4 is 5.78 Å². The number of benzene rings is 1. The van der Waals surface area contributed by atoms with Crippen molar-refractivity contribution in [1.82, 2.24) is 0 Å². The Morgan fingerprint density at radius 3 is 2.68 bits per heavy atom. The molecule has 1 aromatic rings. The molecule has 28 heavy (non-hydrogen) atoms. The number of ketones is 1. The van der Waals surface area contributed by atoms with Crippen LogP contribution in [0.15, 0.2) is 12.1 Å². The molecule has 2 N–H and O–H groups in total. The number of hydrogen-bond donors (Lipinski definition) is 2. The van der Waals surface area contributed by atoms with Crippen molar-refractivity contribution in [2.75, 3.05) is 20.1 Å². The van der Waals surface area contributed by atoms with Gasteiger partial charge in [0, 0.05) is 30.2 Å². The van der Waals surface area contributed by atoms with E-state index in [0.717, 1.165) is 41.5 Å². The second kappa shape index (κ2) is 4.59. The summed E-state index contributed by atoms with van der Waals surface area (Å²) in [6.45, 7) is 6.62. The molecule has 5 unspecified atom stereocenters. The Hall–Kier alpha value is -1.59. The van der Waals surface area contributed by atoms with Gasteiger partial charge in [-0.2, -0.15) is 0 Å². The van der Waals surface area contributed by atoms with Crippen LogP contribution in [0.25, 0.3) is 0 Å². The lowest BCUT2D eigenvalue weighted by atomic mass is 9.44. The van der Waals surface area contributed by atoms with Crippen LogP contribution in [0.5, 0.6) is 11.5 Å². The predicted molar refractivity (Wildman–Crippen MR) is 103 cm³/mol. The molecule has 5 heteroatoms. The molecule has 6 rings (SSSR count). The molecule has 5 nitrogen and oxygen atoms in total. The molecular formula is C23H30NO4+. The van der Waals surface area contributed by atoms with Crippen LogP contribution in [-0.4, -0.2) is 57.9 Å². The van der Waals surface area contributed by atoms with Gasteiger partial charge in [0.1, 0.15) is 11.1 Å². The third-order valence-corrected chi connectivity index (χ3v) is 9.57. The molecule has 3 aliphatic carbocycles. The topological polar surface area (TPSA) is 66.8 Å². The zero-order valence-corrected chi connectivity index (χ0v) is 17.0. The first-order chi connectivity index (χ1) is 13.1. The normalized spacial score (nSPS) is 46.7. The number of carbonyl (C=O) groups excluding carboxylic acids is 1. The van der Waals surface area contributed by atoms with Crippen molar-refractivity contribution in [2.45, 2.75) is 75.0 Å². The number of phenolic OH excluding ortho intramolecular Hbond substituents is 1. The quantitative estimate of drug-likeness (QED) is 0.769. The van der Waals surface area contributed by atoms with Crippen LogP contribution in [0, 0.1) is 5.41 Å². The van der Waals surface area contributed by atoms with Gasteiger partial charge in [-0.3, -0.25) is 4.79 Å². The minimum Gasteiger partial charge on any atom is -0.504 e. The molecule has 2 saturated carbocycles. The van der Waals surface area contributed by atoms with Crippen LogP contribution in [0.1, 0.15) is 57.1 Å². The molecule has 0 radical (unpaired) electrons. The molecular weight excluding hydrogens is 354 g/mol. The van der Waals surface area contributed by atoms with E-state index in [4.69, 9.17) is 4.74 Å². The lowest BCUT2D eigenvalue weighted by Gasteiger charge is -2.69. The highest BCUT2D eigenvalue weighted by atomic mass is 16.5. The number of phenols is 1. The van der Waals surface area contributed by atoms with Crippen LogP contribution in [0.2, 0.25) is 0 Å². The van der Waals surface area contributed by atoms with E-state index < -0.39 is 17.1 Å². The van der Waals surface area contributed by atoms with E-state index in [1.165, 1.54) is 12.8 Å². The lowest BCUT2D eigenvalue weighted by molar-refractivity contribution is -0.978. The van der Waals surface area contributed by atoms with Crippen molar-refractivity contribution in [2.24, 2.45) is 5.41 Å². The SMILES string of the molecule is CC1(C[N+]2(C)CCC34c5c6ccc(O)c5OC3C(=O)CCC4(O)C2(C)C6)CC1. The number of aliphatic hydroxyl groups is 1. The van der Waals surface area contributed by atoms with Crippen molar-refractivity contribution < 1.29 is 24.2 Å². The maximum absolute atomic E-state index is 13.0. The maximum Gasteiger partial charge on any atom is 0.174 e. The Labute approximate surface area is 165 Å². The van der Waals surface area contributed by atoms with Crippen LogP contribution in [-0.2, 0) is 16.6 Å². The first-order valence-corrected chi connectivity index (χ1v) is 10.7. The van der Waals surface area contributed by atoms with E-state index in [-0.39, 0.29) is 17.1 Å². The first kappa shape index (κ1) is 17.3. The Morgan fingerprint density at radius 2 is 1.96 bits per heavy atom. The smallest absolute Gasteiger partial charge is 0.174 e. The predicted octanol–water partition coefficient (Wildman–Crippen LogP) is 2.45. The van der Waals surface area contributed by atoms with E-state index in [0.29, 0.717) is 24.0 Å². The highest BCUT2D eigenvalue weighted by Crippen LogP contribution is 2.69. The number of quaternary nitrogens is 1. The van der Waals surface area contributed by atoms with E-state index in [1.807, 2.05) is 6.07 Å². The lowest BCUT2D eigenvalue weighted by Crippen LogP contribution is -2.86. The summed E-state index contributed by atoms with van der Waals surface area (Å²) in [5, 5.41) is 23.0. The van der Waals surface area contributed by atoms with E-state index in [9.17, 15) is 15.0 Å². The second-order valence-corrected chi connectivity index (χ2v) is 11.0. The Balaban J connectivity index is 1.63. The van der Waals surface area contributed by atoms with Gasteiger partial charge in [0.15, 0.2) is 23.4 Å². The van der Waals surface area contributed by atoms with Crippen LogP contribution in [0.4, 0.5) is 0 Å². The largest absolute Gasteiger partial charge is 0.504 e. The molecule has 150 valence electrons. The summed E-state index contributed by atoms with van der Waals surface area (Å²) in [5.41, 5.74) is 0.320. The van der Waals surface area contributed by atoms with E-state index >= 15 is 0 Å². The minimum absolute atomic E-state index is 0.0701. The van der Waals surface area contributed by atoms with Crippen molar-refractivity contribution in [3.05, 3.63) is 23.3 Å². The van der Waals surface area contributed by atoms with Crippen LogP contribution >= 0.6 is 0 Å². The number of nitrogens with zero attached hydrogens (tertiary/aromatic N) is 1. The van der Waals surface area contributed by atoms with Gasteiger partial charge in [0.05, 0.1) is 25.6 Å². The Kier molecular flexibility index (Phi) is 2.84. The van der Waals surface area contributed by atoms with Crippen molar-refractivity contribution in [3.63, 3.8) is 0 Å². The summed E-state index contributed by atoms with van der Waals surface area (Å²) >= 11 is 0. The van der Waals surface area contributed by atoms with Gasteiger partial charge in [-0.05, 0) is 37.8 Å². The molecule has 1 spiro atoms. The molecule has 1 saturated heterocycles. The number of ether oxygens (including phenoxy) is 1. The number of aromatic hydroxyl groups is 1. The van der Waals surface area contributed by atoms with Crippen molar-refractivity contribution in [3.8, 4) is 11.5 Å². The summed E-state index contributed by atoms with van der Waals surface area (Å²) in [7, 11) is 2.32. The fourth-order valence-electron chi connectivity index (χ4n) is 7.64. The molecule has 0 aromatic heterocycles. The standard InChI is InChI=1S/C23H29NO4/c1-20(8-9-20)13-24(3)11-10-22-17-14-4-5-15(25)18(17)28-19(22)16(26)6-7-23(22,27)21(24,2)12-14/h4-5,19,27H,6-13H2,1-3H3/p+1. The molecule has 3 fully saturated rings. The average Bonchev–Trinajstić information content (AvgIpc) is 3.23. The highest BCUT2D eigenvalue weighted by Gasteiger charge is 2.81. The number of carbonyl (C=O) groups is 1. The molecule has 2 heterocycles. The van der Waals surface area contributed by atoms with Gasteiger partial charge in [-0.15, -0.1) is 0 Å². The highest BCUT2D eigenvalue weighted by molar-refractivity contribution is 5.90. The number of rotatable bonds is 2. The number of Topliss-reactive ketones (excluding diaryl/α,β-unsaturated/α-hetero) is 1. The molecule has 0 amide bonds. The van der Waals surface area contributed by atoms with E-state index in [2.05, 4.69) is 20.9 Å². The summed E-state index contributed by atoms with van der Waals surface area (Å²) in [4.78, 5) is 13.0. The van der Waals surface area contributed by atoms with Gasteiger partial charge < -0.3 is 19.4 Å². The van der Waals surface area contributed by atoms with Crippen LogP contribution < -0.4 is 4.74 Å². The zero-order chi connectivity index (χ0) is 19.7. The van der Waals surface area contributed by atoms with Gasteiger partial charge in [0.2, 0.25) is 0 Å². The fourth-order valence-corrected chi connectivity index (χ4v) is 7.64. The number of hydrogen-bond acceptors (Lipinski definition) is 4. The number of likely N-dealkylation sites (N-methyl/N-ethyl adjacent to an activating group) is 1. The molecule has 5 atom stereocenters. The average molecular weight is 384 g/mol. The van der Waals surface area contributed by atoms with E-state index in [1.54, 1.807) is 6.07 Å². The van der Waals surface area contributed by atoms with Gasteiger partial charge in [-0.25, -0.2) is 0 Å². The number of likely N-dealkylation sites (tertiary alicyclic amines) is 1. The molecule has 1 aromatic carbocycles.